The smallest absolute Gasteiger partial charge is 0.256 e. The lowest BCUT2D eigenvalue weighted by Gasteiger charge is -2.11. The number of nitrogens with one attached hydrogen (secondary N) is 1. The summed E-state index contributed by atoms with van der Waals surface area (Å²) in [6, 6.07) is 9.25. The summed E-state index contributed by atoms with van der Waals surface area (Å²) in [5.74, 6) is -0.750. The second kappa shape index (κ2) is 5.72. The van der Waals surface area contributed by atoms with Gasteiger partial charge in [0.05, 0.1) is 16.3 Å². The molecule has 2 nitrogen and oxygen atoms in total. The topological polar surface area (TPSA) is 29.1 Å². The summed E-state index contributed by atoms with van der Waals surface area (Å²) in [7, 11) is 0. The molecule has 5 heteroatoms. The van der Waals surface area contributed by atoms with E-state index in [2.05, 4.69) is 21.2 Å². The average molecular weight is 343 g/mol. The number of carbonyl (C=O) groups excluding carboxylic acids is 1. The van der Waals surface area contributed by atoms with Crippen molar-refractivity contribution < 1.29 is 9.18 Å². The van der Waals surface area contributed by atoms with Crippen LogP contribution in [0.1, 0.15) is 15.9 Å². The minimum Gasteiger partial charge on any atom is -0.320 e. The summed E-state index contributed by atoms with van der Waals surface area (Å²) in [6.07, 6.45) is 0. The van der Waals surface area contributed by atoms with E-state index in [0.717, 1.165) is 5.56 Å². The number of anilines is 1. The number of hydrogen-bond acceptors (Lipinski definition) is 1. The Kier molecular flexibility index (Phi) is 4.22. The van der Waals surface area contributed by atoms with Crippen LogP contribution in [0.3, 0.4) is 0 Å². The van der Waals surface area contributed by atoms with Crippen molar-refractivity contribution in [1.82, 2.24) is 0 Å². The van der Waals surface area contributed by atoms with E-state index in [4.69, 9.17) is 11.6 Å². The van der Waals surface area contributed by atoms with Crippen molar-refractivity contribution in [2.75, 3.05) is 5.32 Å². The maximum absolute atomic E-state index is 13.0. The number of benzene rings is 2. The standard InChI is InChI=1S/C14H10BrClFNO/c1-8-3-2-4-12(16)13(8)18-14(19)10-6-5-9(17)7-11(10)15/h2-7H,1H3,(H,18,19). The van der Waals surface area contributed by atoms with Gasteiger partial charge in [0, 0.05) is 4.47 Å². The van der Waals surface area contributed by atoms with E-state index in [9.17, 15) is 9.18 Å². The van der Waals surface area contributed by atoms with Gasteiger partial charge in [-0.3, -0.25) is 4.79 Å². The maximum atomic E-state index is 13.0. The number of carbonyl (C=O) groups is 1. The van der Waals surface area contributed by atoms with Crippen molar-refractivity contribution in [3.63, 3.8) is 0 Å². The van der Waals surface area contributed by atoms with E-state index in [-0.39, 0.29) is 5.91 Å². The molecule has 0 aliphatic carbocycles. The molecule has 1 N–H and O–H groups in total. The fourth-order valence-electron chi connectivity index (χ4n) is 1.64. The second-order valence-corrected chi connectivity index (χ2v) is 5.27. The van der Waals surface area contributed by atoms with Crippen LogP contribution in [0.2, 0.25) is 5.02 Å². The Labute approximate surface area is 123 Å². The third-order valence-electron chi connectivity index (χ3n) is 2.64. The van der Waals surface area contributed by atoms with Gasteiger partial charge in [-0.2, -0.15) is 0 Å². The van der Waals surface area contributed by atoms with Crippen LogP contribution >= 0.6 is 27.5 Å². The summed E-state index contributed by atoms with van der Waals surface area (Å²) < 4.78 is 13.4. The Morgan fingerprint density at radius 1 is 1.32 bits per heavy atom. The highest BCUT2D eigenvalue weighted by Crippen LogP contribution is 2.27. The number of rotatable bonds is 2. The lowest BCUT2D eigenvalue weighted by atomic mass is 10.1. The lowest BCUT2D eigenvalue weighted by molar-refractivity contribution is 0.102. The van der Waals surface area contributed by atoms with Gasteiger partial charge >= 0.3 is 0 Å². The molecule has 0 aromatic heterocycles. The SMILES string of the molecule is Cc1cccc(Cl)c1NC(=O)c1ccc(F)cc1Br. The van der Waals surface area contributed by atoms with Crippen LogP contribution in [0.5, 0.6) is 0 Å². The van der Waals surface area contributed by atoms with Crippen molar-refractivity contribution in [2.24, 2.45) is 0 Å². The Balaban J connectivity index is 2.31. The van der Waals surface area contributed by atoms with Crippen LogP contribution in [0.15, 0.2) is 40.9 Å². The van der Waals surface area contributed by atoms with Gasteiger partial charge in [0.15, 0.2) is 0 Å². The molecular weight excluding hydrogens is 333 g/mol. The van der Waals surface area contributed by atoms with Gasteiger partial charge in [-0.05, 0) is 52.7 Å². The van der Waals surface area contributed by atoms with Gasteiger partial charge in [0.25, 0.3) is 5.91 Å². The molecule has 0 aliphatic rings. The van der Waals surface area contributed by atoms with Crippen LogP contribution < -0.4 is 5.32 Å². The molecule has 0 radical (unpaired) electrons. The van der Waals surface area contributed by atoms with E-state index in [0.29, 0.717) is 20.7 Å². The number of aryl methyl sites for hydroxylation is 1. The van der Waals surface area contributed by atoms with Crippen LogP contribution in [0, 0.1) is 12.7 Å². The summed E-state index contributed by atoms with van der Waals surface area (Å²) in [5.41, 5.74) is 1.77. The van der Waals surface area contributed by atoms with Crippen molar-refractivity contribution in [2.45, 2.75) is 6.92 Å². The molecule has 19 heavy (non-hydrogen) atoms. The molecule has 2 aromatic rings. The highest BCUT2D eigenvalue weighted by Gasteiger charge is 2.13. The fourth-order valence-corrected chi connectivity index (χ4v) is 2.44. The van der Waals surface area contributed by atoms with Crippen LogP contribution in [-0.2, 0) is 0 Å². The zero-order chi connectivity index (χ0) is 14.0. The quantitative estimate of drug-likeness (QED) is 0.834. The predicted molar refractivity (Wildman–Crippen MR) is 78.2 cm³/mol. The normalized spacial score (nSPS) is 10.3. The highest BCUT2D eigenvalue weighted by molar-refractivity contribution is 9.10. The average Bonchev–Trinajstić information content (AvgIpc) is 2.33. The molecule has 2 aromatic carbocycles. The van der Waals surface area contributed by atoms with Crippen molar-refractivity contribution in [3.05, 3.63) is 62.8 Å². The van der Waals surface area contributed by atoms with Gasteiger partial charge in [0.1, 0.15) is 5.82 Å². The first-order chi connectivity index (χ1) is 8.99. The molecule has 0 atom stereocenters. The van der Waals surface area contributed by atoms with E-state index in [1.165, 1.54) is 18.2 Å². The molecule has 0 saturated carbocycles. The van der Waals surface area contributed by atoms with Gasteiger partial charge in [-0.1, -0.05) is 23.7 Å². The first-order valence-electron chi connectivity index (χ1n) is 5.50. The molecule has 1 amide bonds. The molecular formula is C14H10BrClFNO. The van der Waals surface area contributed by atoms with Gasteiger partial charge in [-0.15, -0.1) is 0 Å². The Morgan fingerprint density at radius 2 is 2.05 bits per heavy atom. The van der Waals surface area contributed by atoms with Gasteiger partial charge in [-0.25, -0.2) is 4.39 Å². The van der Waals surface area contributed by atoms with Gasteiger partial charge in [0.2, 0.25) is 0 Å². The molecule has 0 heterocycles. The van der Waals surface area contributed by atoms with Crippen LogP contribution in [0.4, 0.5) is 10.1 Å². The number of para-hydroxylation sites is 1. The first-order valence-corrected chi connectivity index (χ1v) is 6.67. The third-order valence-corrected chi connectivity index (χ3v) is 3.61. The molecule has 0 aliphatic heterocycles. The summed E-state index contributed by atoms with van der Waals surface area (Å²) in [4.78, 5) is 12.1. The Morgan fingerprint density at radius 3 is 2.68 bits per heavy atom. The molecule has 2 rings (SSSR count). The molecule has 0 fully saturated rings. The van der Waals surface area contributed by atoms with Crippen LogP contribution in [0.25, 0.3) is 0 Å². The van der Waals surface area contributed by atoms with Gasteiger partial charge < -0.3 is 5.32 Å². The van der Waals surface area contributed by atoms with E-state index in [1.54, 1.807) is 12.1 Å². The predicted octanol–water partition coefficient (Wildman–Crippen LogP) is 4.80. The molecule has 0 unspecified atom stereocenters. The monoisotopic (exact) mass is 341 g/mol. The number of amides is 1. The number of halogens is 3. The van der Waals surface area contributed by atoms with E-state index in [1.807, 2.05) is 13.0 Å². The summed E-state index contributed by atoms with van der Waals surface area (Å²) in [6.45, 7) is 1.85. The minimum absolute atomic E-state index is 0.344. The highest BCUT2D eigenvalue weighted by atomic mass is 79.9. The van der Waals surface area contributed by atoms with E-state index >= 15 is 0 Å². The van der Waals surface area contributed by atoms with Crippen molar-refractivity contribution in [1.29, 1.82) is 0 Å². The zero-order valence-electron chi connectivity index (χ0n) is 10.0. The second-order valence-electron chi connectivity index (χ2n) is 4.01. The largest absolute Gasteiger partial charge is 0.320 e. The molecule has 0 saturated heterocycles. The minimum atomic E-state index is -0.405. The van der Waals surface area contributed by atoms with E-state index < -0.39 is 5.82 Å². The fraction of sp³-hybridized carbons (Fsp3) is 0.0714. The molecule has 0 spiro atoms. The number of hydrogen-bond donors (Lipinski definition) is 1. The maximum Gasteiger partial charge on any atom is 0.256 e. The summed E-state index contributed by atoms with van der Waals surface area (Å²) >= 11 is 9.20. The summed E-state index contributed by atoms with van der Waals surface area (Å²) in [5, 5.41) is 3.20. The Bertz CT molecular complexity index is 625. The molecule has 0 bridgehead atoms. The molecule has 98 valence electrons. The van der Waals surface area contributed by atoms with Crippen molar-refractivity contribution in [3.8, 4) is 0 Å². The zero-order valence-corrected chi connectivity index (χ0v) is 12.3. The first kappa shape index (κ1) is 14.0. The third kappa shape index (κ3) is 3.14. The Hall–Kier alpha value is -1.39. The van der Waals surface area contributed by atoms with Crippen molar-refractivity contribution >= 4 is 39.1 Å². The van der Waals surface area contributed by atoms with Crippen LogP contribution in [-0.4, -0.2) is 5.91 Å². The lowest BCUT2D eigenvalue weighted by Crippen LogP contribution is -2.14.